The van der Waals surface area contributed by atoms with Crippen molar-refractivity contribution in [2.45, 2.75) is 13.8 Å². The van der Waals surface area contributed by atoms with Gasteiger partial charge in [-0.25, -0.2) is 14.3 Å². The standard InChI is InChI=1S/C16H14BrN3O2/c1-3-22-16(21)13-9-18-20-10(2)7-14(19-15(13)20)11-5-4-6-12(17)8-11/h4-9H,3H2,1-2H3. The van der Waals surface area contributed by atoms with Crippen molar-refractivity contribution in [3.8, 4) is 11.3 Å². The third-order valence-corrected chi connectivity index (χ3v) is 3.76. The molecular weight excluding hydrogens is 346 g/mol. The molecule has 0 radical (unpaired) electrons. The topological polar surface area (TPSA) is 56.5 Å². The molecule has 1 aromatic carbocycles. The van der Waals surface area contributed by atoms with Crippen molar-refractivity contribution in [2.24, 2.45) is 0 Å². The smallest absolute Gasteiger partial charge is 0.343 e. The number of hydrogen-bond donors (Lipinski definition) is 0. The van der Waals surface area contributed by atoms with Gasteiger partial charge in [-0.1, -0.05) is 28.1 Å². The molecule has 0 aliphatic carbocycles. The molecule has 0 N–H and O–H groups in total. The number of rotatable bonds is 3. The van der Waals surface area contributed by atoms with Crippen LogP contribution in [0.3, 0.4) is 0 Å². The lowest BCUT2D eigenvalue weighted by atomic mass is 10.1. The first-order chi connectivity index (χ1) is 10.6. The highest BCUT2D eigenvalue weighted by Crippen LogP contribution is 2.24. The molecule has 0 saturated heterocycles. The summed E-state index contributed by atoms with van der Waals surface area (Å²) in [6.45, 7) is 4.02. The third-order valence-electron chi connectivity index (χ3n) is 3.27. The minimum atomic E-state index is -0.407. The molecule has 2 heterocycles. The summed E-state index contributed by atoms with van der Waals surface area (Å²) in [5.41, 5.74) is 3.54. The molecule has 22 heavy (non-hydrogen) atoms. The third kappa shape index (κ3) is 2.62. The van der Waals surface area contributed by atoms with E-state index >= 15 is 0 Å². The van der Waals surface area contributed by atoms with Gasteiger partial charge in [-0.15, -0.1) is 0 Å². The van der Waals surface area contributed by atoms with Gasteiger partial charge in [0.05, 0.1) is 18.5 Å². The van der Waals surface area contributed by atoms with Crippen LogP contribution in [0, 0.1) is 6.92 Å². The molecule has 5 nitrogen and oxygen atoms in total. The van der Waals surface area contributed by atoms with Gasteiger partial charge in [0, 0.05) is 15.7 Å². The number of carbonyl (C=O) groups excluding carboxylic acids is 1. The predicted octanol–water partition coefficient (Wildman–Crippen LogP) is 3.64. The molecule has 0 amide bonds. The Kier molecular flexibility index (Phi) is 3.94. The van der Waals surface area contributed by atoms with Crippen LogP contribution in [0.15, 0.2) is 41.0 Å². The minimum absolute atomic E-state index is 0.320. The summed E-state index contributed by atoms with van der Waals surface area (Å²) < 4.78 is 7.68. The molecule has 0 saturated carbocycles. The number of esters is 1. The summed E-state index contributed by atoms with van der Waals surface area (Å²) in [4.78, 5) is 16.6. The lowest BCUT2D eigenvalue weighted by Gasteiger charge is -2.06. The number of hydrogen-bond acceptors (Lipinski definition) is 4. The molecule has 0 atom stereocenters. The van der Waals surface area contributed by atoms with Crippen molar-refractivity contribution in [3.63, 3.8) is 0 Å². The quantitative estimate of drug-likeness (QED) is 0.669. The maximum atomic E-state index is 12.0. The summed E-state index contributed by atoms with van der Waals surface area (Å²) >= 11 is 3.46. The zero-order valence-corrected chi connectivity index (χ0v) is 13.8. The van der Waals surface area contributed by atoms with E-state index in [4.69, 9.17) is 4.74 Å². The lowest BCUT2D eigenvalue weighted by molar-refractivity contribution is 0.0528. The molecule has 2 aromatic heterocycles. The number of benzene rings is 1. The molecule has 0 aliphatic rings. The van der Waals surface area contributed by atoms with Crippen molar-refractivity contribution < 1.29 is 9.53 Å². The number of carbonyl (C=O) groups is 1. The van der Waals surface area contributed by atoms with E-state index in [0.29, 0.717) is 17.8 Å². The van der Waals surface area contributed by atoms with E-state index < -0.39 is 5.97 Å². The van der Waals surface area contributed by atoms with Gasteiger partial charge in [0.1, 0.15) is 5.56 Å². The van der Waals surface area contributed by atoms with Crippen LogP contribution in [-0.2, 0) is 4.74 Å². The molecule has 112 valence electrons. The molecule has 3 aromatic rings. The molecule has 6 heteroatoms. The van der Waals surface area contributed by atoms with Gasteiger partial charge in [0.2, 0.25) is 0 Å². The average molecular weight is 360 g/mol. The summed E-state index contributed by atoms with van der Waals surface area (Å²) in [7, 11) is 0. The zero-order valence-electron chi connectivity index (χ0n) is 12.2. The molecule has 0 aliphatic heterocycles. The normalized spacial score (nSPS) is 10.9. The van der Waals surface area contributed by atoms with Crippen LogP contribution in [0.2, 0.25) is 0 Å². The van der Waals surface area contributed by atoms with E-state index in [1.165, 1.54) is 6.20 Å². The van der Waals surface area contributed by atoms with Crippen molar-refractivity contribution in [2.75, 3.05) is 6.61 Å². The van der Waals surface area contributed by atoms with Crippen molar-refractivity contribution in [3.05, 3.63) is 52.3 Å². The second-order valence-corrected chi connectivity index (χ2v) is 5.72. The maximum Gasteiger partial charge on any atom is 0.343 e. The Morgan fingerprint density at radius 2 is 2.18 bits per heavy atom. The fraction of sp³-hybridized carbons (Fsp3) is 0.188. The Labute approximate surface area is 136 Å². The number of aromatic nitrogens is 3. The van der Waals surface area contributed by atoms with E-state index in [9.17, 15) is 4.79 Å². The SMILES string of the molecule is CCOC(=O)c1cnn2c(C)cc(-c3cccc(Br)c3)nc12. The van der Waals surface area contributed by atoms with Crippen LogP contribution in [0.1, 0.15) is 23.0 Å². The minimum Gasteiger partial charge on any atom is -0.462 e. The molecule has 0 spiro atoms. The van der Waals surface area contributed by atoms with Crippen LogP contribution in [0.4, 0.5) is 0 Å². The van der Waals surface area contributed by atoms with Crippen LogP contribution in [0.25, 0.3) is 16.9 Å². The van der Waals surface area contributed by atoms with Gasteiger partial charge in [0.15, 0.2) is 5.65 Å². The van der Waals surface area contributed by atoms with Gasteiger partial charge >= 0.3 is 5.97 Å². The first-order valence-electron chi connectivity index (χ1n) is 6.88. The monoisotopic (exact) mass is 359 g/mol. The maximum absolute atomic E-state index is 12.0. The van der Waals surface area contributed by atoms with Crippen molar-refractivity contribution in [1.82, 2.24) is 14.6 Å². The first kappa shape index (κ1) is 14.7. The molecular formula is C16H14BrN3O2. The Bertz CT molecular complexity index is 858. The Balaban J connectivity index is 2.18. The summed E-state index contributed by atoms with van der Waals surface area (Å²) in [6.07, 6.45) is 1.50. The van der Waals surface area contributed by atoms with Gasteiger partial charge in [-0.3, -0.25) is 0 Å². The fourth-order valence-electron chi connectivity index (χ4n) is 2.26. The van der Waals surface area contributed by atoms with Crippen LogP contribution >= 0.6 is 15.9 Å². The number of nitrogens with zero attached hydrogens (tertiary/aromatic N) is 3. The average Bonchev–Trinajstić information content (AvgIpc) is 2.92. The van der Waals surface area contributed by atoms with E-state index in [2.05, 4.69) is 26.0 Å². The summed E-state index contributed by atoms with van der Waals surface area (Å²) in [5, 5.41) is 4.22. The van der Waals surface area contributed by atoms with Crippen LogP contribution in [-0.4, -0.2) is 27.2 Å². The highest BCUT2D eigenvalue weighted by molar-refractivity contribution is 9.10. The number of ether oxygens (including phenoxy) is 1. The van der Waals surface area contributed by atoms with Crippen molar-refractivity contribution >= 4 is 27.5 Å². The number of aryl methyl sites for hydroxylation is 1. The summed E-state index contributed by atoms with van der Waals surface area (Å²) in [5.74, 6) is -0.407. The van der Waals surface area contributed by atoms with Gasteiger partial charge in [0.25, 0.3) is 0 Å². The predicted molar refractivity (Wildman–Crippen MR) is 86.8 cm³/mol. The largest absolute Gasteiger partial charge is 0.462 e. The number of halogens is 1. The second kappa shape index (κ2) is 5.88. The number of fused-ring (bicyclic) bond motifs is 1. The fourth-order valence-corrected chi connectivity index (χ4v) is 2.66. The van der Waals surface area contributed by atoms with Crippen LogP contribution < -0.4 is 0 Å². The van der Waals surface area contributed by atoms with Gasteiger partial charge < -0.3 is 4.74 Å². The van der Waals surface area contributed by atoms with Gasteiger partial charge in [-0.2, -0.15) is 5.10 Å². The second-order valence-electron chi connectivity index (χ2n) is 4.81. The van der Waals surface area contributed by atoms with E-state index in [1.54, 1.807) is 11.4 Å². The Morgan fingerprint density at radius 1 is 1.36 bits per heavy atom. The molecule has 3 rings (SSSR count). The van der Waals surface area contributed by atoms with Crippen molar-refractivity contribution in [1.29, 1.82) is 0 Å². The molecule has 0 fully saturated rings. The highest BCUT2D eigenvalue weighted by Gasteiger charge is 2.17. The van der Waals surface area contributed by atoms with Crippen LogP contribution in [0.5, 0.6) is 0 Å². The van der Waals surface area contributed by atoms with Gasteiger partial charge in [-0.05, 0) is 32.0 Å². The van der Waals surface area contributed by atoms with E-state index in [0.717, 1.165) is 21.4 Å². The summed E-state index contributed by atoms with van der Waals surface area (Å²) in [6, 6.07) is 9.81. The van der Waals surface area contributed by atoms with E-state index in [1.807, 2.05) is 37.3 Å². The first-order valence-corrected chi connectivity index (χ1v) is 7.68. The Hall–Kier alpha value is -2.21. The zero-order chi connectivity index (χ0) is 15.7. The highest BCUT2D eigenvalue weighted by atomic mass is 79.9. The Morgan fingerprint density at radius 3 is 2.91 bits per heavy atom. The molecule has 0 unspecified atom stereocenters. The van der Waals surface area contributed by atoms with E-state index in [-0.39, 0.29) is 0 Å². The molecule has 0 bridgehead atoms. The lowest BCUT2D eigenvalue weighted by Crippen LogP contribution is -2.06.